The van der Waals surface area contributed by atoms with Gasteiger partial charge in [0.05, 0.1) is 13.2 Å². The summed E-state index contributed by atoms with van der Waals surface area (Å²) >= 11 is 0. The van der Waals surface area contributed by atoms with Crippen LogP contribution in [0.2, 0.25) is 0 Å². The molecule has 1 aliphatic carbocycles. The summed E-state index contributed by atoms with van der Waals surface area (Å²) in [6.45, 7) is 2.93. The molecule has 0 saturated heterocycles. The largest absolute Gasteiger partial charge is 0.491 e. The van der Waals surface area contributed by atoms with Gasteiger partial charge in [-0.2, -0.15) is 13.2 Å². The molecule has 1 saturated carbocycles. The van der Waals surface area contributed by atoms with Crippen molar-refractivity contribution in [2.45, 2.75) is 90.0 Å². The third-order valence-electron chi connectivity index (χ3n) is 6.94. The third-order valence-corrected chi connectivity index (χ3v) is 6.94. The summed E-state index contributed by atoms with van der Waals surface area (Å²) in [5.41, 5.74) is -0.546. The van der Waals surface area contributed by atoms with E-state index in [4.69, 9.17) is 4.74 Å². The Morgan fingerprint density at radius 1 is 0.944 bits per heavy atom. The molecule has 8 heteroatoms. The van der Waals surface area contributed by atoms with Crippen molar-refractivity contribution in [2.75, 3.05) is 6.61 Å². The lowest BCUT2D eigenvalue weighted by Crippen LogP contribution is -2.28. The maximum atomic E-state index is 14.8. The van der Waals surface area contributed by atoms with Gasteiger partial charge in [0.15, 0.2) is 11.6 Å². The van der Waals surface area contributed by atoms with E-state index in [0.717, 1.165) is 37.8 Å². The molecule has 0 amide bonds. The molecule has 0 aromatic heterocycles. The summed E-state index contributed by atoms with van der Waals surface area (Å²) < 4.78 is 95.4. The molecule has 3 rings (SSSR count). The summed E-state index contributed by atoms with van der Waals surface area (Å²) in [5, 5.41) is 0. The summed E-state index contributed by atoms with van der Waals surface area (Å²) in [7, 11) is 0. The topological polar surface area (TPSA) is 18.5 Å². The van der Waals surface area contributed by atoms with Gasteiger partial charge in [-0.1, -0.05) is 44.7 Å². The molecule has 200 valence electrons. The number of hydrogen-bond donors (Lipinski definition) is 0. The van der Waals surface area contributed by atoms with Crippen molar-refractivity contribution < 1.29 is 35.8 Å². The Hall–Kier alpha value is -2.22. The first-order chi connectivity index (χ1) is 17.2. The average Bonchev–Trinajstić information content (AvgIpc) is 2.86. The Morgan fingerprint density at radius 3 is 2.31 bits per heavy atom. The lowest BCUT2D eigenvalue weighted by molar-refractivity contribution is -0.282. The summed E-state index contributed by atoms with van der Waals surface area (Å²) in [6.07, 6.45) is 0.973. The van der Waals surface area contributed by atoms with Gasteiger partial charge < -0.3 is 9.47 Å². The molecule has 36 heavy (non-hydrogen) atoms. The fourth-order valence-corrected chi connectivity index (χ4v) is 4.88. The minimum absolute atomic E-state index is 0.0176. The number of hydrogen-bond acceptors (Lipinski definition) is 2. The summed E-state index contributed by atoms with van der Waals surface area (Å²) in [4.78, 5) is 0. The fourth-order valence-electron chi connectivity index (χ4n) is 4.88. The van der Waals surface area contributed by atoms with E-state index in [0.29, 0.717) is 17.5 Å². The predicted molar refractivity (Wildman–Crippen MR) is 126 cm³/mol. The Kier molecular flexibility index (Phi) is 10.1. The molecular formula is C28H34F6O2. The summed E-state index contributed by atoms with van der Waals surface area (Å²) in [5.74, 6) is -3.58. The highest BCUT2D eigenvalue weighted by Gasteiger charge is 2.45. The van der Waals surface area contributed by atoms with Crippen LogP contribution in [-0.2, 0) is 11.3 Å². The molecular weight excluding hydrogens is 482 g/mol. The fraction of sp³-hybridized carbons (Fsp3) is 0.571. The number of benzene rings is 2. The predicted octanol–water partition coefficient (Wildman–Crippen LogP) is 9.18. The lowest BCUT2D eigenvalue weighted by atomic mass is 9.77. The van der Waals surface area contributed by atoms with Gasteiger partial charge in [0.2, 0.25) is 12.0 Å². The third kappa shape index (κ3) is 6.96. The molecule has 0 spiro atoms. The molecule has 0 heterocycles. The van der Waals surface area contributed by atoms with E-state index in [2.05, 4.69) is 11.7 Å². The molecule has 2 nitrogen and oxygen atoms in total. The van der Waals surface area contributed by atoms with E-state index in [-0.39, 0.29) is 18.1 Å². The first-order valence-electron chi connectivity index (χ1n) is 12.7. The molecule has 0 bridgehead atoms. The highest BCUT2D eigenvalue weighted by Crippen LogP contribution is 2.41. The van der Waals surface area contributed by atoms with Gasteiger partial charge in [0.25, 0.3) is 0 Å². The van der Waals surface area contributed by atoms with Crippen LogP contribution in [-0.4, -0.2) is 12.7 Å². The Labute approximate surface area is 209 Å². The smallest absolute Gasteiger partial charge is 0.391 e. The van der Waals surface area contributed by atoms with E-state index < -0.39 is 47.7 Å². The molecule has 0 radical (unpaired) electrons. The Bertz CT molecular complexity index is 988. The highest BCUT2D eigenvalue weighted by molar-refractivity contribution is 5.33. The number of halogens is 6. The van der Waals surface area contributed by atoms with Gasteiger partial charge in [0.1, 0.15) is 5.82 Å². The van der Waals surface area contributed by atoms with Crippen LogP contribution in [0.3, 0.4) is 0 Å². The molecule has 1 fully saturated rings. The molecule has 1 aliphatic rings. The zero-order chi connectivity index (χ0) is 26.3. The van der Waals surface area contributed by atoms with Gasteiger partial charge in [-0.25, -0.2) is 13.2 Å². The minimum Gasteiger partial charge on any atom is -0.491 e. The van der Waals surface area contributed by atoms with Gasteiger partial charge in [0, 0.05) is 5.56 Å². The second kappa shape index (κ2) is 12.8. The Morgan fingerprint density at radius 2 is 1.67 bits per heavy atom. The number of rotatable bonds is 12. The van der Waals surface area contributed by atoms with Crippen LogP contribution in [0.1, 0.15) is 94.0 Å². The van der Waals surface area contributed by atoms with Crippen LogP contribution in [0.4, 0.5) is 26.3 Å². The van der Waals surface area contributed by atoms with Crippen LogP contribution in [0.25, 0.3) is 0 Å². The van der Waals surface area contributed by atoms with E-state index in [9.17, 15) is 26.3 Å². The first kappa shape index (κ1) is 28.4. The zero-order valence-electron chi connectivity index (χ0n) is 20.8. The maximum Gasteiger partial charge on any atom is 0.391 e. The number of alkyl halides is 3. The molecule has 2 aromatic rings. The van der Waals surface area contributed by atoms with Crippen LogP contribution >= 0.6 is 0 Å². The van der Waals surface area contributed by atoms with Crippen LogP contribution in [0, 0.1) is 23.4 Å². The lowest BCUT2D eigenvalue weighted by Gasteiger charge is -2.29. The van der Waals surface area contributed by atoms with Crippen molar-refractivity contribution >= 4 is 0 Å². The number of unbranched alkanes of at least 4 members (excludes halogenated alkanes) is 2. The van der Waals surface area contributed by atoms with E-state index >= 15 is 0 Å². The van der Waals surface area contributed by atoms with Gasteiger partial charge in [-0.15, -0.1) is 0 Å². The minimum atomic E-state index is -4.47. The standard InChI is InChI=1S/C28H34F6O2/c1-3-5-6-7-18-8-11-20(12-9-18)21-13-10-19(16-23(21)29)17-36-28(33,34)27(32)22-14-15-24(35-4-2)26(31)25(22)30/h10,13-16,18,20,27H,3-9,11-12,17H2,1-2H3. The average molecular weight is 517 g/mol. The monoisotopic (exact) mass is 516 g/mol. The van der Waals surface area contributed by atoms with Crippen LogP contribution < -0.4 is 4.74 Å². The quantitative estimate of drug-likeness (QED) is 0.207. The van der Waals surface area contributed by atoms with Gasteiger partial charge >= 0.3 is 6.11 Å². The molecule has 0 N–H and O–H groups in total. The Balaban J connectivity index is 1.59. The maximum absolute atomic E-state index is 14.8. The van der Waals surface area contributed by atoms with Gasteiger partial charge in [-0.3, -0.25) is 0 Å². The van der Waals surface area contributed by atoms with E-state index in [1.807, 2.05) is 0 Å². The van der Waals surface area contributed by atoms with Crippen molar-refractivity contribution in [1.82, 2.24) is 0 Å². The SMILES string of the molecule is CCCCCC1CCC(c2ccc(COC(F)(F)C(F)c3ccc(OCC)c(F)c3F)cc2F)CC1. The summed E-state index contributed by atoms with van der Waals surface area (Å²) in [6, 6.07) is 5.74. The van der Waals surface area contributed by atoms with Crippen LogP contribution in [0.5, 0.6) is 5.75 Å². The molecule has 0 aliphatic heterocycles. The van der Waals surface area contributed by atoms with E-state index in [1.54, 1.807) is 6.07 Å². The normalized spacial score (nSPS) is 19.3. The van der Waals surface area contributed by atoms with Crippen molar-refractivity contribution in [2.24, 2.45) is 5.92 Å². The van der Waals surface area contributed by atoms with Crippen molar-refractivity contribution in [1.29, 1.82) is 0 Å². The van der Waals surface area contributed by atoms with Crippen molar-refractivity contribution in [3.8, 4) is 5.75 Å². The van der Waals surface area contributed by atoms with Crippen molar-refractivity contribution in [3.05, 3.63) is 64.5 Å². The second-order valence-corrected chi connectivity index (χ2v) is 9.50. The van der Waals surface area contributed by atoms with Crippen molar-refractivity contribution in [3.63, 3.8) is 0 Å². The number of ether oxygens (including phenoxy) is 2. The first-order valence-corrected chi connectivity index (χ1v) is 12.7. The zero-order valence-corrected chi connectivity index (χ0v) is 20.8. The van der Waals surface area contributed by atoms with E-state index in [1.165, 1.54) is 38.7 Å². The van der Waals surface area contributed by atoms with Gasteiger partial charge in [-0.05, 0) is 73.8 Å². The molecule has 1 unspecified atom stereocenters. The second-order valence-electron chi connectivity index (χ2n) is 9.50. The van der Waals surface area contributed by atoms with Crippen LogP contribution in [0.15, 0.2) is 30.3 Å². The molecule has 1 atom stereocenters. The highest BCUT2D eigenvalue weighted by atomic mass is 19.3. The molecule has 2 aromatic carbocycles.